The molecule has 38 heavy (non-hydrogen) atoms. The van der Waals surface area contributed by atoms with Crippen LogP contribution in [0, 0.1) is 34.9 Å². The molecule has 4 aromatic rings. The molecule has 4 rings (SSSR count). The third-order valence-electron chi connectivity index (χ3n) is 5.85. The monoisotopic (exact) mass is 537 g/mol. The predicted molar refractivity (Wildman–Crippen MR) is 127 cm³/mol. The number of benzene rings is 4. The standard InChI is InChI=1S/C29H20F8O/c1-2-3-4-16-5-7-17(8-6-16)18-9-10-21(22(30)11-18)19-12-23(31)27(24(32)13-19)29(36,37)38-20-14-25(33)28(35)26(34)15-20/h5-15H,2-4H2,1H3/i14D. The zero-order valence-electron chi connectivity index (χ0n) is 20.8. The molecule has 0 saturated carbocycles. The molecule has 0 heterocycles. The van der Waals surface area contributed by atoms with E-state index in [0.717, 1.165) is 30.9 Å². The van der Waals surface area contributed by atoms with Crippen LogP contribution in [0.3, 0.4) is 0 Å². The molecule has 0 aliphatic carbocycles. The quantitative estimate of drug-likeness (QED) is 0.161. The van der Waals surface area contributed by atoms with E-state index < -0.39 is 63.9 Å². The molecule has 0 amide bonds. The van der Waals surface area contributed by atoms with E-state index in [1.54, 1.807) is 0 Å². The van der Waals surface area contributed by atoms with Crippen molar-refractivity contribution >= 4 is 0 Å². The maximum Gasteiger partial charge on any atom is 0.432 e. The summed E-state index contributed by atoms with van der Waals surface area (Å²) >= 11 is 0. The van der Waals surface area contributed by atoms with Crippen molar-refractivity contribution in [2.24, 2.45) is 0 Å². The lowest BCUT2D eigenvalue weighted by molar-refractivity contribution is -0.189. The highest BCUT2D eigenvalue weighted by Crippen LogP contribution is 2.38. The Balaban J connectivity index is 1.63. The highest BCUT2D eigenvalue weighted by atomic mass is 19.3. The summed E-state index contributed by atoms with van der Waals surface area (Å²) < 4.78 is 125. The van der Waals surface area contributed by atoms with E-state index >= 15 is 0 Å². The maximum atomic E-state index is 15.0. The van der Waals surface area contributed by atoms with Crippen molar-refractivity contribution in [3.8, 4) is 28.0 Å². The van der Waals surface area contributed by atoms with Gasteiger partial charge in [0.2, 0.25) is 0 Å². The number of ether oxygens (including phenoxy) is 1. The summed E-state index contributed by atoms with van der Waals surface area (Å²) in [7, 11) is 0. The molecular weight excluding hydrogens is 516 g/mol. The predicted octanol–water partition coefficient (Wildman–Crippen LogP) is 9.33. The van der Waals surface area contributed by atoms with Gasteiger partial charge in [-0.05, 0) is 53.3 Å². The molecule has 0 aliphatic rings. The Labute approximate surface area is 214 Å². The average Bonchev–Trinajstić information content (AvgIpc) is 2.88. The summed E-state index contributed by atoms with van der Waals surface area (Å²) in [6.07, 6.45) is -1.89. The lowest BCUT2D eigenvalue weighted by atomic mass is 9.97. The first-order valence-electron chi connectivity index (χ1n) is 12.0. The van der Waals surface area contributed by atoms with Crippen LogP contribution < -0.4 is 4.74 Å². The molecule has 0 saturated heterocycles. The topological polar surface area (TPSA) is 9.23 Å². The summed E-state index contributed by atoms with van der Waals surface area (Å²) in [6, 6.07) is 10.6. The average molecular weight is 537 g/mol. The van der Waals surface area contributed by atoms with Gasteiger partial charge in [-0.2, -0.15) is 8.78 Å². The van der Waals surface area contributed by atoms with E-state index in [1.807, 2.05) is 24.3 Å². The van der Waals surface area contributed by atoms with Crippen LogP contribution in [0.25, 0.3) is 22.3 Å². The second-order valence-electron chi connectivity index (χ2n) is 8.54. The lowest BCUT2D eigenvalue weighted by Gasteiger charge is -2.20. The molecule has 4 aromatic carbocycles. The third kappa shape index (κ3) is 5.66. The molecule has 0 atom stereocenters. The number of rotatable bonds is 8. The first-order valence-corrected chi connectivity index (χ1v) is 11.5. The van der Waals surface area contributed by atoms with Crippen LogP contribution >= 0.6 is 0 Å². The summed E-state index contributed by atoms with van der Waals surface area (Å²) in [4.78, 5) is 0. The Kier molecular flexibility index (Phi) is 7.35. The van der Waals surface area contributed by atoms with E-state index in [1.165, 1.54) is 12.1 Å². The number of alkyl halides is 2. The van der Waals surface area contributed by atoms with Crippen molar-refractivity contribution in [3.05, 3.63) is 113 Å². The first-order chi connectivity index (χ1) is 18.4. The largest absolute Gasteiger partial charge is 0.432 e. The number of aryl methyl sites for hydroxylation is 1. The summed E-state index contributed by atoms with van der Waals surface area (Å²) in [5.74, 6) is -12.2. The van der Waals surface area contributed by atoms with Gasteiger partial charge in [-0.15, -0.1) is 0 Å². The fourth-order valence-corrected chi connectivity index (χ4v) is 3.91. The van der Waals surface area contributed by atoms with Crippen molar-refractivity contribution < 1.29 is 41.2 Å². The number of hydrogen-bond acceptors (Lipinski definition) is 1. The Hall–Kier alpha value is -3.88. The lowest BCUT2D eigenvalue weighted by Crippen LogP contribution is -2.25. The van der Waals surface area contributed by atoms with Gasteiger partial charge in [0.1, 0.15) is 28.8 Å². The number of hydrogen-bond donors (Lipinski definition) is 0. The normalized spacial score (nSPS) is 12.0. The van der Waals surface area contributed by atoms with Gasteiger partial charge in [-0.3, -0.25) is 0 Å². The summed E-state index contributed by atoms with van der Waals surface area (Å²) in [5.41, 5.74) is -0.311. The van der Waals surface area contributed by atoms with E-state index in [2.05, 4.69) is 11.7 Å². The Morgan fingerprint density at radius 2 is 1.32 bits per heavy atom. The SMILES string of the molecule is [2H]c1c(OC(F)(F)c2c(F)cc(-c3ccc(-c4ccc(CCCC)cc4)cc3F)cc2F)cc(F)c(F)c1F. The van der Waals surface area contributed by atoms with Gasteiger partial charge in [-0.25, -0.2) is 26.3 Å². The van der Waals surface area contributed by atoms with Crippen molar-refractivity contribution in [2.75, 3.05) is 0 Å². The zero-order chi connectivity index (χ0) is 28.5. The van der Waals surface area contributed by atoms with Gasteiger partial charge in [0.25, 0.3) is 0 Å². The van der Waals surface area contributed by atoms with Crippen LogP contribution in [0.5, 0.6) is 5.75 Å². The van der Waals surface area contributed by atoms with Gasteiger partial charge in [0, 0.05) is 17.7 Å². The molecule has 9 heteroatoms. The van der Waals surface area contributed by atoms with Gasteiger partial charge < -0.3 is 4.74 Å². The van der Waals surface area contributed by atoms with Gasteiger partial charge in [-0.1, -0.05) is 49.7 Å². The minimum atomic E-state index is -4.87. The smallest absolute Gasteiger partial charge is 0.429 e. The highest BCUT2D eigenvalue weighted by molar-refractivity contribution is 5.71. The minimum Gasteiger partial charge on any atom is -0.429 e. The van der Waals surface area contributed by atoms with Crippen LogP contribution in [0.2, 0.25) is 0 Å². The van der Waals surface area contributed by atoms with Gasteiger partial charge in [0.15, 0.2) is 17.5 Å². The van der Waals surface area contributed by atoms with Crippen molar-refractivity contribution in [1.29, 1.82) is 0 Å². The van der Waals surface area contributed by atoms with Gasteiger partial charge >= 0.3 is 6.11 Å². The van der Waals surface area contributed by atoms with Crippen molar-refractivity contribution in [1.82, 2.24) is 0 Å². The second-order valence-corrected chi connectivity index (χ2v) is 8.54. The summed E-state index contributed by atoms with van der Waals surface area (Å²) in [6.45, 7) is 2.08. The Bertz CT molecular complexity index is 1500. The molecule has 0 bridgehead atoms. The molecular formula is C29H20F8O. The zero-order valence-corrected chi connectivity index (χ0v) is 19.8. The van der Waals surface area contributed by atoms with Gasteiger partial charge in [0.05, 0.1) is 1.37 Å². The number of unbranched alkanes of at least 4 members (excludes halogenated alkanes) is 1. The summed E-state index contributed by atoms with van der Waals surface area (Å²) in [5, 5.41) is 0. The fraction of sp³-hybridized carbons (Fsp3) is 0.172. The second kappa shape index (κ2) is 10.8. The molecule has 0 aromatic heterocycles. The maximum absolute atomic E-state index is 15.0. The van der Waals surface area contributed by atoms with Crippen LogP contribution in [0.1, 0.15) is 32.3 Å². The third-order valence-corrected chi connectivity index (χ3v) is 5.85. The Morgan fingerprint density at radius 3 is 1.92 bits per heavy atom. The van der Waals surface area contributed by atoms with E-state index in [0.29, 0.717) is 23.3 Å². The first kappa shape index (κ1) is 25.8. The molecule has 0 spiro atoms. The molecule has 0 N–H and O–H groups in total. The molecule has 0 unspecified atom stereocenters. The number of halogens is 8. The molecule has 0 aliphatic heterocycles. The van der Waals surface area contributed by atoms with E-state index in [4.69, 9.17) is 1.37 Å². The van der Waals surface area contributed by atoms with E-state index in [-0.39, 0.29) is 11.6 Å². The Morgan fingerprint density at radius 1 is 0.711 bits per heavy atom. The molecule has 1 nitrogen and oxygen atoms in total. The van der Waals surface area contributed by atoms with Crippen molar-refractivity contribution in [3.63, 3.8) is 0 Å². The molecule has 0 fully saturated rings. The van der Waals surface area contributed by atoms with Crippen LogP contribution in [0.4, 0.5) is 35.1 Å². The van der Waals surface area contributed by atoms with Crippen LogP contribution in [-0.2, 0) is 12.5 Å². The molecule has 198 valence electrons. The van der Waals surface area contributed by atoms with Crippen LogP contribution in [0.15, 0.2) is 66.7 Å². The molecule has 0 radical (unpaired) electrons. The van der Waals surface area contributed by atoms with Crippen molar-refractivity contribution in [2.45, 2.75) is 32.3 Å². The van der Waals surface area contributed by atoms with E-state index in [9.17, 15) is 35.1 Å². The minimum absolute atomic E-state index is 0.0471. The fourth-order valence-electron chi connectivity index (χ4n) is 3.91. The van der Waals surface area contributed by atoms with Crippen LogP contribution in [-0.4, -0.2) is 0 Å². The highest BCUT2D eigenvalue weighted by Gasteiger charge is 2.41.